The van der Waals surface area contributed by atoms with Gasteiger partial charge in [0.2, 0.25) is 17.7 Å². The minimum Gasteiger partial charge on any atom is -0.503 e. The van der Waals surface area contributed by atoms with Gasteiger partial charge < -0.3 is 29.4 Å². The first kappa shape index (κ1) is 43.9. The molecule has 0 bridgehead atoms. The Balaban J connectivity index is 0.762. The van der Waals surface area contributed by atoms with E-state index < -0.39 is 52.5 Å². The number of anilines is 3. The number of nitrogens with zero attached hydrogens (tertiary/aromatic N) is 6. The molecule has 3 aromatic rings. The molecule has 2 atom stereocenters. The number of phenolic OH excluding ortho intramolecular Hbond substituents is 1. The van der Waals surface area contributed by atoms with Crippen molar-refractivity contribution < 1.29 is 42.2 Å². The maximum atomic E-state index is 16.3. The summed E-state index contributed by atoms with van der Waals surface area (Å²) in [7, 11) is 1.49. The Hall–Kier alpha value is -5.35. The van der Waals surface area contributed by atoms with Crippen LogP contribution in [-0.2, 0) is 20.9 Å². The summed E-state index contributed by atoms with van der Waals surface area (Å²) in [6, 6.07) is 9.62. The van der Waals surface area contributed by atoms with Gasteiger partial charge in [-0.3, -0.25) is 34.3 Å². The highest BCUT2D eigenvalue weighted by molar-refractivity contribution is 6.08. The van der Waals surface area contributed by atoms with Crippen molar-refractivity contribution in [1.29, 1.82) is 0 Å². The fraction of sp³-hybridized carbons (Fsp3) is 0.542. The van der Waals surface area contributed by atoms with E-state index in [1.54, 1.807) is 11.0 Å². The van der Waals surface area contributed by atoms with Gasteiger partial charge in [0, 0.05) is 113 Å². The van der Waals surface area contributed by atoms with Crippen LogP contribution in [0.15, 0.2) is 42.5 Å². The molecular formula is C48H58F3N7O6. The molecule has 0 aliphatic carbocycles. The SMILES string of the molecule is CCC1(CC)C(=O)N(c2cc(F)cc(F)c2O)[C@H]1c1cc(F)c(N2CCC(CN3CCN(C4CCN(c5ccc6c(c5)CN([C@H]5CCC(=O)NC5=O)C6=O)CC4)CC3)CC2)cc1OC. The highest BCUT2D eigenvalue weighted by Gasteiger charge is 2.61. The summed E-state index contributed by atoms with van der Waals surface area (Å²) in [6.07, 6.45) is 5.34. The van der Waals surface area contributed by atoms with Gasteiger partial charge in [-0.1, -0.05) is 13.8 Å². The molecule has 0 spiro atoms. The van der Waals surface area contributed by atoms with E-state index >= 15 is 4.39 Å². The summed E-state index contributed by atoms with van der Waals surface area (Å²) >= 11 is 0. The number of hydrogen-bond acceptors (Lipinski definition) is 10. The number of piperidine rings is 3. The van der Waals surface area contributed by atoms with E-state index in [1.165, 1.54) is 18.1 Å². The largest absolute Gasteiger partial charge is 0.503 e. The lowest BCUT2D eigenvalue weighted by Crippen LogP contribution is -2.63. The highest BCUT2D eigenvalue weighted by Crippen LogP contribution is 2.59. The molecule has 9 rings (SSSR count). The topological polar surface area (TPSA) is 129 Å². The third kappa shape index (κ3) is 7.73. The molecule has 0 aromatic heterocycles. The first-order valence-electron chi connectivity index (χ1n) is 23.0. The average molecular weight is 886 g/mol. The lowest BCUT2D eigenvalue weighted by atomic mass is 9.64. The molecule has 5 saturated heterocycles. The van der Waals surface area contributed by atoms with Crippen molar-refractivity contribution in [2.24, 2.45) is 11.3 Å². The predicted molar refractivity (Wildman–Crippen MR) is 235 cm³/mol. The molecule has 6 heterocycles. The summed E-state index contributed by atoms with van der Waals surface area (Å²) in [5, 5.41) is 12.9. The van der Waals surface area contributed by atoms with Crippen molar-refractivity contribution in [2.75, 3.05) is 80.7 Å². The molecule has 64 heavy (non-hydrogen) atoms. The number of β-lactam (4-membered cyclic amide) rings is 1. The van der Waals surface area contributed by atoms with Crippen molar-refractivity contribution in [3.05, 3.63) is 76.6 Å². The molecule has 6 aliphatic heterocycles. The van der Waals surface area contributed by atoms with Crippen LogP contribution in [0.5, 0.6) is 11.5 Å². The van der Waals surface area contributed by atoms with Gasteiger partial charge in [0.05, 0.1) is 29.9 Å². The molecule has 0 unspecified atom stereocenters. The van der Waals surface area contributed by atoms with Gasteiger partial charge in [0.15, 0.2) is 11.6 Å². The van der Waals surface area contributed by atoms with Gasteiger partial charge in [-0.15, -0.1) is 0 Å². The molecule has 16 heteroatoms. The zero-order valence-corrected chi connectivity index (χ0v) is 36.9. The number of fused-ring (bicyclic) bond motifs is 1. The number of methoxy groups -OCH3 is 1. The third-order valence-electron chi connectivity index (χ3n) is 15.3. The average Bonchev–Trinajstić information content (AvgIpc) is 3.62. The Bertz CT molecular complexity index is 2320. The van der Waals surface area contributed by atoms with Crippen molar-refractivity contribution >= 4 is 40.7 Å². The fourth-order valence-electron chi connectivity index (χ4n) is 11.5. The Kier molecular flexibility index (Phi) is 12.0. The number of hydrogen-bond donors (Lipinski definition) is 2. The predicted octanol–water partition coefficient (Wildman–Crippen LogP) is 5.98. The maximum Gasteiger partial charge on any atom is 0.255 e. The van der Waals surface area contributed by atoms with Crippen LogP contribution in [0.2, 0.25) is 0 Å². The smallest absolute Gasteiger partial charge is 0.255 e. The molecule has 0 radical (unpaired) electrons. The number of ether oxygens (including phenoxy) is 1. The number of nitrogens with one attached hydrogen (secondary N) is 1. The summed E-state index contributed by atoms with van der Waals surface area (Å²) < 4.78 is 51.0. The van der Waals surface area contributed by atoms with Gasteiger partial charge in [-0.2, -0.15) is 0 Å². The van der Waals surface area contributed by atoms with E-state index in [0.29, 0.717) is 79.5 Å². The van der Waals surface area contributed by atoms with Gasteiger partial charge in [-0.05, 0) is 80.7 Å². The Labute approximate surface area is 372 Å². The molecule has 5 fully saturated rings. The molecule has 3 aromatic carbocycles. The number of halogens is 3. The minimum absolute atomic E-state index is 0.152. The summed E-state index contributed by atoms with van der Waals surface area (Å²) in [6.45, 7) is 12.4. The van der Waals surface area contributed by atoms with Crippen molar-refractivity contribution in [2.45, 2.75) is 89.9 Å². The highest BCUT2D eigenvalue weighted by atomic mass is 19.1. The number of carbonyl (C=O) groups excluding carboxylic acids is 4. The normalized spacial score (nSPS) is 23.7. The second-order valence-electron chi connectivity index (χ2n) is 18.5. The van der Waals surface area contributed by atoms with E-state index in [-0.39, 0.29) is 23.9 Å². The van der Waals surface area contributed by atoms with Gasteiger partial charge in [0.25, 0.3) is 5.91 Å². The zero-order chi connectivity index (χ0) is 45.0. The molecule has 0 saturated carbocycles. The lowest BCUT2D eigenvalue weighted by molar-refractivity contribution is -0.141. The van der Waals surface area contributed by atoms with Crippen LogP contribution in [0.3, 0.4) is 0 Å². The second kappa shape index (κ2) is 17.6. The number of aromatic hydroxyl groups is 1. The number of carbonyl (C=O) groups is 4. The molecule has 4 amide bonds. The monoisotopic (exact) mass is 885 g/mol. The second-order valence-corrected chi connectivity index (χ2v) is 18.5. The summed E-state index contributed by atoms with van der Waals surface area (Å²) in [5.74, 6) is -3.80. The van der Waals surface area contributed by atoms with E-state index in [1.807, 2.05) is 30.9 Å². The van der Waals surface area contributed by atoms with Crippen LogP contribution < -0.4 is 24.8 Å². The Morgan fingerprint density at radius 1 is 0.797 bits per heavy atom. The van der Waals surface area contributed by atoms with Crippen LogP contribution in [0.4, 0.5) is 30.2 Å². The van der Waals surface area contributed by atoms with Gasteiger partial charge in [-0.25, -0.2) is 13.2 Å². The van der Waals surface area contributed by atoms with Crippen LogP contribution in [0, 0.1) is 28.8 Å². The molecule has 6 aliphatic rings. The van der Waals surface area contributed by atoms with Crippen LogP contribution >= 0.6 is 0 Å². The minimum atomic E-state index is -1.18. The number of benzene rings is 3. The van der Waals surface area contributed by atoms with Crippen LogP contribution in [0.1, 0.15) is 92.7 Å². The Morgan fingerprint density at radius 2 is 1.50 bits per heavy atom. The van der Waals surface area contributed by atoms with E-state index in [4.69, 9.17) is 4.74 Å². The quantitative estimate of drug-likeness (QED) is 0.176. The van der Waals surface area contributed by atoms with E-state index in [9.17, 15) is 33.1 Å². The molecule has 13 nitrogen and oxygen atoms in total. The van der Waals surface area contributed by atoms with E-state index in [2.05, 4.69) is 26.1 Å². The Morgan fingerprint density at radius 3 is 2.17 bits per heavy atom. The first-order valence-corrected chi connectivity index (χ1v) is 23.0. The number of phenols is 1. The lowest BCUT2D eigenvalue weighted by Gasteiger charge is -2.56. The van der Waals surface area contributed by atoms with Crippen LogP contribution in [-0.4, -0.2) is 122 Å². The molecule has 342 valence electrons. The molecule has 2 N–H and O–H groups in total. The summed E-state index contributed by atoms with van der Waals surface area (Å²) in [5.41, 5.74) is 2.19. The first-order chi connectivity index (χ1) is 30.8. The number of amides is 4. The maximum absolute atomic E-state index is 16.3. The number of piperazine rings is 1. The third-order valence-corrected chi connectivity index (χ3v) is 15.3. The number of rotatable bonds is 11. The van der Waals surface area contributed by atoms with Crippen LogP contribution in [0.25, 0.3) is 0 Å². The zero-order valence-electron chi connectivity index (χ0n) is 36.9. The van der Waals surface area contributed by atoms with E-state index in [0.717, 1.165) is 88.8 Å². The standard InChI is InChI=1S/C48H58F3N7O6/c1-4-48(5-2)44(58(47(48)63)40-24-31(49)23-37(51)43(40)60)35-25-36(50)39(26-41(35)64-3)56-14-10-29(11-15-56)27-53-18-20-55(21-19-53)32-12-16-54(17-13-32)33-6-7-34-30(22-33)28-57(46(34)62)38-8-9-42(59)52-45(38)61/h6-7,22-26,29,32,38,44,60H,4-5,8-21,27-28H2,1-3H3,(H,52,59,61)/t38-,44-/m0/s1. The number of imide groups is 1. The molecular weight excluding hydrogens is 828 g/mol. The van der Waals surface area contributed by atoms with Gasteiger partial charge in [0.1, 0.15) is 23.4 Å². The van der Waals surface area contributed by atoms with Crippen molar-refractivity contribution in [3.63, 3.8) is 0 Å². The van der Waals surface area contributed by atoms with Crippen molar-refractivity contribution in [1.82, 2.24) is 20.0 Å². The van der Waals surface area contributed by atoms with Gasteiger partial charge >= 0.3 is 0 Å². The summed E-state index contributed by atoms with van der Waals surface area (Å²) in [4.78, 5) is 63.5. The fourth-order valence-corrected chi connectivity index (χ4v) is 11.5. The van der Waals surface area contributed by atoms with Crippen molar-refractivity contribution in [3.8, 4) is 11.5 Å².